The standard InChI is InChI=1S/C17H23N3O3S.ClH/c1-12-19-17(11-23-12)14-6-8-15(9-7-14)24(21,22)20-16(10-18)13-4-2-3-5-13;/h6-9,11,13,16,20H,2-5,10,18H2,1H3;1H. The fourth-order valence-corrected chi connectivity index (χ4v) is 4.58. The number of halogens is 1. The first-order valence-electron chi connectivity index (χ1n) is 8.24. The number of hydrogen-bond acceptors (Lipinski definition) is 5. The summed E-state index contributed by atoms with van der Waals surface area (Å²) in [6.07, 6.45) is 5.93. The van der Waals surface area contributed by atoms with Crippen LogP contribution >= 0.6 is 12.4 Å². The number of aryl methyl sites for hydroxylation is 1. The summed E-state index contributed by atoms with van der Waals surface area (Å²) in [6.45, 7) is 2.09. The van der Waals surface area contributed by atoms with E-state index in [1.165, 1.54) is 0 Å². The van der Waals surface area contributed by atoms with E-state index in [1.807, 2.05) is 0 Å². The lowest BCUT2D eigenvalue weighted by Gasteiger charge is -2.23. The van der Waals surface area contributed by atoms with Crippen LogP contribution in [-0.2, 0) is 10.0 Å². The van der Waals surface area contributed by atoms with Gasteiger partial charge in [0.15, 0.2) is 5.89 Å². The van der Waals surface area contributed by atoms with Gasteiger partial charge in [0.2, 0.25) is 10.0 Å². The Morgan fingerprint density at radius 3 is 2.44 bits per heavy atom. The second kappa shape index (κ2) is 8.31. The highest BCUT2D eigenvalue weighted by atomic mass is 35.5. The van der Waals surface area contributed by atoms with Gasteiger partial charge in [0.1, 0.15) is 12.0 Å². The normalized spacial score (nSPS) is 16.6. The molecule has 0 spiro atoms. The first kappa shape index (κ1) is 19.9. The molecule has 25 heavy (non-hydrogen) atoms. The Labute approximate surface area is 154 Å². The molecule has 0 aliphatic heterocycles. The SMILES string of the molecule is Cc1nc(-c2ccc(S(=O)(=O)NC(CN)C3CCCC3)cc2)co1.Cl. The number of hydrogen-bond donors (Lipinski definition) is 2. The third-order valence-electron chi connectivity index (χ3n) is 4.61. The van der Waals surface area contributed by atoms with Crippen LogP contribution in [-0.4, -0.2) is 26.0 Å². The second-order valence-electron chi connectivity index (χ2n) is 6.28. The van der Waals surface area contributed by atoms with Gasteiger partial charge >= 0.3 is 0 Å². The summed E-state index contributed by atoms with van der Waals surface area (Å²) in [5, 5.41) is 0. The van der Waals surface area contributed by atoms with E-state index in [0.29, 0.717) is 24.0 Å². The summed E-state index contributed by atoms with van der Waals surface area (Å²) in [6, 6.07) is 6.45. The van der Waals surface area contributed by atoms with Crippen molar-refractivity contribution in [3.63, 3.8) is 0 Å². The highest BCUT2D eigenvalue weighted by molar-refractivity contribution is 7.89. The van der Waals surface area contributed by atoms with Crippen molar-refractivity contribution in [1.82, 2.24) is 9.71 Å². The van der Waals surface area contributed by atoms with Crippen LogP contribution in [0, 0.1) is 12.8 Å². The number of sulfonamides is 1. The van der Waals surface area contributed by atoms with E-state index < -0.39 is 10.0 Å². The third kappa shape index (κ3) is 4.61. The van der Waals surface area contributed by atoms with E-state index in [9.17, 15) is 8.42 Å². The van der Waals surface area contributed by atoms with Gasteiger partial charge in [-0.1, -0.05) is 25.0 Å². The van der Waals surface area contributed by atoms with Gasteiger partial charge in [0.25, 0.3) is 0 Å². The smallest absolute Gasteiger partial charge is 0.240 e. The molecule has 0 bridgehead atoms. The Balaban J connectivity index is 0.00000225. The molecule has 6 nitrogen and oxygen atoms in total. The van der Waals surface area contributed by atoms with Crippen LogP contribution in [0.25, 0.3) is 11.3 Å². The molecule has 1 aliphatic rings. The van der Waals surface area contributed by atoms with Gasteiger partial charge in [-0.2, -0.15) is 0 Å². The number of oxazole rings is 1. The lowest BCUT2D eigenvalue weighted by Crippen LogP contribution is -2.44. The molecule has 0 amide bonds. The number of aromatic nitrogens is 1. The number of benzene rings is 1. The zero-order valence-corrected chi connectivity index (χ0v) is 15.8. The molecule has 1 unspecified atom stereocenters. The molecule has 1 saturated carbocycles. The molecule has 1 heterocycles. The molecular weight excluding hydrogens is 362 g/mol. The van der Waals surface area contributed by atoms with Crippen molar-refractivity contribution >= 4 is 22.4 Å². The summed E-state index contributed by atoms with van der Waals surface area (Å²) in [5.41, 5.74) is 7.30. The van der Waals surface area contributed by atoms with Crippen molar-refractivity contribution < 1.29 is 12.8 Å². The van der Waals surface area contributed by atoms with E-state index in [2.05, 4.69) is 9.71 Å². The van der Waals surface area contributed by atoms with E-state index >= 15 is 0 Å². The number of nitrogens with two attached hydrogens (primary N) is 1. The summed E-state index contributed by atoms with van der Waals surface area (Å²) >= 11 is 0. The van der Waals surface area contributed by atoms with Crippen LogP contribution in [0.5, 0.6) is 0 Å². The van der Waals surface area contributed by atoms with Crippen LogP contribution in [0.3, 0.4) is 0 Å². The Morgan fingerprint density at radius 2 is 1.92 bits per heavy atom. The largest absolute Gasteiger partial charge is 0.449 e. The summed E-state index contributed by atoms with van der Waals surface area (Å²) in [7, 11) is -3.58. The van der Waals surface area contributed by atoms with Crippen molar-refractivity contribution in [3.8, 4) is 11.3 Å². The summed E-state index contributed by atoms with van der Waals surface area (Å²) in [4.78, 5) is 4.48. The van der Waals surface area contributed by atoms with Gasteiger partial charge < -0.3 is 10.2 Å². The molecule has 8 heteroatoms. The molecule has 1 aliphatic carbocycles. The molecule has 1 aromatic carbocycles. The van der Waals surface area contributed by atoms with Gasteiger partial charge in [-0.15, -0.1) is 12.4 Å². The molecule has 1 fully saturated rings. The molecule has 0 radical (unpaired) electrons. The molecule has 3 N–H and O–H groups in total. The third-order valence-corrected chi connectivity index (χ3v) is 6.11. The van der Waals surface area contributed by atoms with Gasteiger partial charge in [-0.3, -0.25) is 0 Å². The zero-order valence-electron chi connectivity index (χ0n) is 14.1. The molecule has 1 aromatic heterocycles. The number of rotatable bonds is 6. The first-order valence-corrected chi connectivity index (χ1v) is 9.73. The Morgan fingerprint density at radius 1 is 1.28 bits per heavy atom. The summed E-state index contributed by atoms with van der Waals surface area (Å²) in [5.74, 6) is 0.910. The maximum Gasteiger partial charge on any atom is 0.240 e. The van der Waals surface area contributed by atoms with E-state index in [0.717, 1.165) is 31.2 Å². The quantitative estimate of drug-likeness (QED) is 0.796. The number of nitrogens with one attached hydrogen (secondary N) is 1. The van der Waals surface area contributed by atoms with Crippen LogP contribution in [0.15, 0.2) is 39.8 Å². The lowest BCUT2D eigenvalue weighted by molar-refractivity contribution is 0.405. The summed E-state index contributed by atoms with van der Waals surface area (Å²) < 4.78 is 33.2. The van der Waals surface area contributed by atoms with Crippen LogP contribution in [0.1, 0.15) is 31.6 Å². The van der Waals surface area contributed by atoms with Crippen molar-refractivity contribution in [2.75, 3.05) is 6.54 Å². The van der Waals surface area contributed by atoms with Crippen LogP contribution in [0.4, 0.5) is 0 Å². The predicted molar refractivity (Wildman–Crippen MR) is 99.0 cm³/mol. The second-order valence-corrected chi connectivity index (χ2v) is 8.00. The average Bonchev–Trinajstić information content (AvgIpc) is 3.24. The topological polar surface area (TPSA) is 98.2 Å². The Bertz CT molecular complexity index is 784. The molecule has 3 rings (SSSR count). The lowest BCUT2D eigenvalue weighted by atomic mass is 9.99. The van der Waals surface area contributed by atoms with E-state index in [1.54, 1.807) is 37.5 Å². The maximum absolute atomic E-state index is 12.6. The minimum atomic E-state index is -3.58. The van der Waals surface area contributed by atoms with Crippen LogP contribution < -0.4 is 10.5 Å². The molecule has 138 valence electrons. The van der Waals surface area contributed by atoms with Crippen LogP contribution in [0.2, 0.25) is 0 Å². The first-order chi connectivity index (χ1) is 11.5. The van der Waals surface area contributed by atoms with E-state index in [-0.39, 0.29) is 23.3 Å². The fourth-order valence-electron chi connectivity index (χ4n) is 3.26. The Kier molecular flexibility index (Phi) is 6.62. The minimum absolute atomic E-state index is 0. The van der Waals surface area contributed by atoms with Gasteiger partial charge in [0.05, 0.1) is 4.90 Å². The molecule has 0 saturated heterocycles. The van der Waals surface area contributed by atoms with Gasteiger partial charge in [0, 0.05) is 25.1 Å². The van der Waals surface area contributed by atoms with Crippen molar-refractivity contribution in [2.24, 2.45) is 11.7 Å². The van der Waals surface area contributed by atoms with Crippen molar-refractivity contribution in [3.05, 3.63) is 36.4 Å². The van der Waals surface area contributed by atoms with Gasteiger partial charge in [-0.05, 0) is 30.9 Å². The minimum Gasteiger partial charge on any atom is -0.449 e. The highest BCUT2D eigenvalue weighted by Crippen LogP contribution is 2.28. The predicted octanol–water partition coefficient (Wildman–Crippen LogP) is 2.87. The molecule has 2 aromatic rings. The monoisotopic (exact) mass is 385 g/mol. The molecule has 1 atom stereocenters. The van der Waals surface area contributed by atoms with E-state index in [4.69, 9.17) is 10.2 Å². The van der Waals surface area contributed by atoms with Crippen molar-refractivity contribution in [1.29, 1.82) is 0 Å². The average molecular weight is 386 g/mol. The van der Waals surface area contributed by atoms with Crippen molar-refractivity contribution in [2.45, 2.75) is 43.5 Å². The highest BCUT2D eigenvalue weighted by Gasteiger charge is 2.28. The fraction of sp³-hybridized carbons (Fsp3) is 0.471. The number of nitrogens with zero attached hydrogens (tertiary/aromatic N) is 1. The zero-order chi connectivity index (χ0) is 17.2. The van der Waals surface area contributed by atoms with Gasteiger partial charge in [-0.25, -0.2) is 18.1 Å². The maximum atomic E-state index is 12.6. The molecular formula is C17H24ClN3O3S. The Hall–Kier alpha value is -1.41.